The van der Waals surface area contributed by atoms with Crippen LogP contribution in [0.5, 0.6) is 11.5 Å². The zero-order valence-corrected chi connectivity index (χ0v) is 18.5. The van der Waals surface area contributed by atoms with Crippen molar-refractivity contribution in [3.05, 3.63) is 98.6 Å². The van der Waals surface area contributed by atoms with E-state index in [-0.39, 0.29) is 11.3 Å². The van der Waals surface area contributed by atoms with Crippen molar-refractivity contribution in [2.24, 2.45) is 0 Å². The lowest BCUT2D eigenvalue weighted by Gasteiger charge is -2.10. The highest BCUT2D eigenvalue weighted by Crippen LogP contribution is 2.38. The normalized spacial score (nSPS) is 11.5. The zero-order chi connectivity index (χ0) is 25.8. The maximum Gasteiger partial charge on any atom is 0.416 e. The molecule has 10 heteroatoms. The summed E-state index contributed by atoms with van der Waals surface area (Å²) in [5.41, 5.74) is 0.513. The number of alkyl halides is 3. The summed E-state index contributed by atoms with van der Waals surface area (Å²) < 4.78 is 44.2. The van der Waals surface area contributed by atoms with E-state index in [0.29, 0.717) is 23.4 Å². The third kappa shape index (κ3) is 6.23. The van der Waals surface area contributed by atoms with Gasteiger partial charge in [0, 0.05) is 11.8 Å². The van der Waals surface area contributed by atoms with Crippen LogP contribution in [-0.2, 0) is 11.0 Å². The van der Waals surface area contributed by atoms with Gasteiger partial charge in [-0.05, 0) is 61.4 Å². The quantitative estimate of drug-likeness (QED) is 0.186. The highest BCUT2D eigenvalue weighted by atomic mass is 19.4. The predicted octanol–water partition coefficient (Wildman–Crippen LogP) is 6.57. The Morgan fingerprint density at radius 3 is 2.49 bits per heavy atom. The second kappa shape index (κ2) is 10.1. The minimum atomic E-state index is -4.75. The molecule has 3 aromatic rings. The van der Waals surface area contributed by atoms with Crippen LogP contribution in [0.3, 0.4) is 0 Å². The maximum absolute atomic E-state index is 12.9. The van der Waals surface area contributed by atoms with Crippen molar-refractivity contribution in [3.8, 4) is 17.6 Å². The number of nitro groups is 1. The van der Waals surface area contributed by atoms with Crippen molar-refractivity contribution < 1.29 is 27.6 Å². The van der Waals surface area contributed by atoms with Crippen molar-refractivity contribution in [2.75, 3.05) is 5.32 Å². The molecule has 0 bridgehead atoms. The van der Waals surface area contributed by atoms with E-state index in [1.165, 1.54) is 24.3 Å². The molecule has 0 aliphatic carbocycles. The number of anilines is 1. The van der Waals surface area contributed by atoms with Gasteiger partial charge in [-0.2, -0.15) is 18.4 Å². The molecule has 7 nitrogen and oxygen atoms in total. The number of hydrogen-bond donors (Lipinski definition) is 1. The number of nitro benzene ring substituents is 1. The van der Waals surface area contributed by atoms with E-state index >= 15 is 0 Å². The van der Waals surface area contributed by atoms with E-state index in [1.54, 1.807) is 12.1 Å². The summed E-state index contributed by atoms with van der Waals surface area (Å²) in [5, 5.41) is 23.4. The Labute approximate surface area is 198 Å². The monoisotopic (exact) mass is 481 g/mol. The van der Waals surface area contributed by atoms with E-state index in [1.807, 2.05) is 32.0 Å². The lowest BCUT2D eigenvalue weighted by molar-refractivity contribution is -0.385. The van der Waals surface area contributed by atoms with Gasteiger partial charge in [0.25, 0.3) is 5.91 Å². The first-order valence-electron chi connectivity index (χ1n) is 10.1. The van der Waals surface area contributed by atoms with E-state index in [4.69, 9.17) is 4.74 Å². The minimum Gasteiger partial charge on any atom is -0.450 e. The number of nitrogens with zero attached hydrogens (tertiary/aromatic N) is 2. The second-order valence-corrected chi connectivity index (χ2v) is 7.55. The number of halogens is 3. The Hall–Kier alpha value is -4.65. The number of nitriles is 1. The van der Waals surface area contributed by atoms with Crippen LogP contribution in [0.1, 0.15) is 22.3 Å². The first kappa shape index (κ1) is 25.0. The molecule has 0 saturated heterocycles. The van der Waals surface area contributed by atoms with Crippen molar-refractivity contribution in [1.29, 1.82) is 5.26 Å². The smallest absolute Gasteiger partial charge is 0.416 e. The third-order valence-corrected chi connectivity index (χ3v) is 4.88. The summed E-state index contributed by atoms with van der Waals surface area (Å²) >= 11 is 0. The Kier molecular flexibility index (Phi) is 7.20. The molecule has 0 spiro atoms. The summed E-state index contributed by atoms with van der Waals surface area (Å²) in [7, 11) is 0. The molecule has 3 rings (SSSR count). The van der Waals surface area contributed by atoms with Gasteiger partial charge in [0.1, 0.15) is 17.4 Å². The summed E-state index contributed by atoms with van der Waals surface area (Å²) in [6.45, 7) is 3.73. The summed E-state index contributed by atoms with van der Waals surface area (Å²) in [6.07, 6.45) is -3.45. The Balaban J connectivity index is 1.86. The largest absolute Gasteiger partial charge is 0.450 e. The van der Waals surface area contributed by atoms with E-state index in [2.05, 4.69) is 5.32 Å². The van der Waals surface area contributed by atoms with Gasteiger partial charge in [0.15, 0.2) is 0 Å². The molecule has 0 aliphatic rings. The number of rotatable bonds is 6. The van der Waals surface area contributed by atoms with E-state index in [9.17, 15) is 33.3 Å². The highest BCUT2D eigenvalue weighted by molar-refractivity contribution is 6.10. The lowest BCUT2D eigenvalue weighted by atomic mass is 10.1. The standard InChI is InChI=1S/C25H18F3N3O4/c1-15-6-8-21(16(2)10-15)30-24(32)18(14-29)11-17-4-3-5-20(12-17)35-23-9-7-19(25(26,27)28)13-22(23)31(33)34/h3-13H,1-2H3,(H,30,32)/b18-11-. The average molecular weight is 481 g/mol. The van der Waals surface area contributed by atoms with Gasteiger partial charge in [0.05, 0.1) is 10.5 Å². The van der Waals surface area contributed by atoms with Crippen LogP contribution in [0.4, 0.5) is 24.5 Å². The molecule has 0 aromatic heterocycles. The minimum absolute atomic E-state index is 0.0636. The van der Waals surface area contributed by atoms with Crippen molar-refractivity contribution >= 4 is 23.4 Å². The van der Waals surface area contributed by atoms with Crippen LogP contribution in [0, 0.1) is 35.3 Å². The Morgan fingerprint density at radius 1 is 1.11 bits per heavy atom. The van der Waals surface area contributed by atoms with E-state index in [0.717, 1.165) is 17.2 Å². The van der Waals surface area contributed by atoms with Crippen molar-refractivity contribution in [2.45, 2.75) is 20.0 Å². The SMILES string of the molecule is Cc1ccc(NC(=O)/C(C#N)=C\c2cccc(Oc3ccc(C(F)(F)F)cc3[N+](=O)[O-])c2)c(C)c1. The van der Waals surface area contributed by atoms with Crippen LogP contribution in [0.15, 0.2) is 66.2 Å². The molecular formula is C25H18F3N3O4. The molecule has 0 aliphatic heterocycles. The fraction of sp³-hybridized carbons (Fsp3) is 0.120. The molecule has 1 amide bonds. The number of ether oxygens (including phenoxy) is 1. The molecule has 0 atom stereocenters. The van der Waals surface area contributed by atoms with Gasteiger partial charge in [-0.3, -0.25) is 14.9 Å². The topological polar surface area (TPSA) is 105 Å². The molecule has 1 N–H and O–H groups in total. The van der Waals surface area contributed by atoms with Gasteiger partial charge in [-0.25, -0.2) is 0 Å². The third-order valence-electron chi connectivity index (χ3n) is 4.88. The van der Waals surface area contributed by atoms with Crippen molar-refractivity contribution in [1.82, 2.24) is 0 Å². The number of benzene rings is 3. The Morgan fingerprint density at radius 2 is 1.86 bits per heavy atom. The van der Waals surface area contributed by atoms with Crippen LogP contribution >= 0.6 is 0 Å². The van der Waals surface area contributed by atoms with Gasteiger partial charge in [-0.1, -0.05) is 29.8 Å². The first-order chi connectivity index (χ1) is 16.5. The Bertz CT molecular complexity index is 1380. The predicted molar refractivity (Wildman–Crippen MR) is 123 cm³/mol. The molecule has 0 unspecified atom stereocenters. The molecule has 0 saturated carbocycles. The summed E-state index contributed by atoms with van der Waals surface area (Å²) in [6, 6.07) is 15.1. The molecule has 0 heterocycles. The number of nitrogens with one attached hydrogen (secondary N) is 1. The molecule has 0 fully saturated rings. The van der Waals surface area contributed by atoms with Crippen LogP contribution in [0.25, 0.3) is 6.08 Å². The van der Waals surface area contributed by atoms with Gasteiger partial charge in [-0.15, -0.1) is 0 Å². The van der Waals surface area contributed by atoms with Gasteiger partial charge >= 0.3 is 11.9 Å². The molecular weight excluding hydrogens is 463 g/mol. The van der Waals surface area contributed by atoms with E-state index < -0.39 is 34.0 Å². The number of aryl methyl sites for hydroxylation is 2. The summed E-state index contributed by atoms with van der Waals surface area (Å²) in [5.74, 6) is -0.963. The van der Waals surface area contributed by atoms with Crippen LogP contribution in [0.2, 0.25) is 0 Å². The fourth-order valence-electron chi connectivity index (χ4n) is 3.18. The second-order valence-electron chi connectivity index (χ2n) is 7.55. The van der Waals surface area contributed by atoms with Crippen molar-refractivity contribution in [3.63, 3.8) is 0 Å². The molecule has 35 heavy (non-hydrogen) atoms. The average Bonchev–Trinajstić information content (AvgIpc) is 2.79. The van der Waals surface area contributed by atoms with Gasteiger partial charge in [0.2, 0.25) is 5.75 Å². The van der Waals surface area contributed by atoms with Crippen LogP contribution in [-0.4, -0.2) is 10.8 Å². The fourth-order valence-corrected chi connectivity index (χ4v) is 3.18. The number of carbonyl (C=O) groups excluding carboxylic acids is 1. The van der Waals surface area contributed by atoms with Gasteiger partial charge < -0.3 is 10.1 Å². The number of hydrogen-bond acceptors (Lipinski definition) is 5. The first-order valence-corrected chi connectivity index (χ1v) is 10.1. The lowest BCUT2D eigenvalue weighted by Crippen LogP contribution is -2.14. The molecule has 0 radical (unpaired) electrons. The molecule has 178 valence electrons. The highest BCUT2D eigenvalue weighted by Gasteiger charge is 2.33. The summed E-state index contributed by atoms with van der Waals surface area (Å²) in [4.78, 5) is 22.9. The zero-order valence-electron chi connectivity index (χ0n) is 18.5. The number of amides is 1. The van der Waals surface area contributed by atoms with Crippen LogP contribution < -0.4 is 10.1 Å². The molecule has 3 aromatic carbocycles. The maximum atomic E-state index is 12.9. The number of carbonyl (C=O) groups is 1.